The summed E-state index contributed by atoms with van der Waals surface area (Å²) in [4.78, 5) is 27.7. The molecule has 0 saturated carbocycles. The van der Waals surface area contributed by atoms with Crippen LogP contribution in [-0.2, 0) is 27.2 Å². The summed E-state index contributed by atoms with van der Waals surface area (Å²) in [6, 6.07) is 7.82. The van der Waals surface area contributed by atoms with E-state index in [4.69, 9.17) is 4.74 Å². The zero-order chi connectivity index (χ0) is 17.4. The van der Waals surface area contributed by atoms with Crippen LogP contribution in [0.3, 0.4) is 0 Å². The minimum absolute atomic E-state index is 0.0774. The molecule has 5 nitrogen and oxygen atoms in total. The molecule has 0 aliphatic rings. The maximum atomic E-state index is 12.0. The van der Waals surface area contributed by atoms with Gasteiger partial charge in [-0.25, -0.2) is 4.98 Å². The Morgan fingerprint density at radius 2 is 2.00 bits per heavy atom. The Bertz CT molecular complexity index is 683. The Kier molecular flexibility index (Phi) is 7.27. The first kappa shape index (κ1) is 18.5. The van der Waals surface area contributed by atoms with Crippen molar-refractivity contribution < 1.29 is 14.3 Å². The van der Waals surface area contributed by atoms with Crippen LogP contribution < -0.4 is 5.32 Å². The lowest BCUT2D eigenvalue weighted by molar-refractivity contribution is -0.142. The summed E-state index contributed by atoms with van der Waals surface area (Å²) < 4.78 is 5.66. The minimum Gasteiger partial charge on any atom is -0.466 e. The molecule has 0 fully saturated rings. The predicted molar refractivity (Wildman–Crippen MR) is 97.6 cm³/mol. The van der Waals surface area contributed by atoms with Crippen molar-refractivity contribution in [1.29, 1.82) is 0 Å². The third-order valence-electron chi connectivity index (χ3n) is 3.13. The molecule has 2 rings (SSSR count). The molecule has 0 aliphatic heterocycles. The molecular weight excluding hydrogens is 344 g/mol. The molecule has 0 saturated heterocycles. The number of benzene rings is 1. The molecule has 0 atom stereocenters. The van der Waals surface area contributed by atoms with Crippen LogP contribution in [0.1, 0.15) is 25.1 Å². The molecular formula is C17H20N2O3S2. The second-order valence-corrected chi connectivity index (χ2v) is 7.05. The Morgan fingerprint density at radius 3 is 2.67 bits per heavy atom. The number of rotatable bonds is 8. The predicted octanol–water partition coefficient (Wildman–Crippen LogP) is 3.54. The summed E-state index contributed by atoms with van der Waals surface area (Å²) in [5, 5.41) is 4.68. The molecule has 0 radical (unpaired) electrons. The van der Waals surface area contributed by atoms with E-state index in [1.165, 1.54) is 28.7 Å². The normalized spacial score (nSPS) is 10.4. The molecule has 2 aromatic rings. The number of carbonyl (C=O) groups excluding carboxylic acids is 2. The number of nitrogens with zero attached hydrogens (tertiary/aromatic N) is 1. The number of carbonyl (C=O) groups is 2. The lowest BCUT2D eigenvalue weighted by Crippen LogP contribution is -2.13. The number of anilines is 1. The van der Waals surface area contributed by atoms with Gasteiger partial charge in [-0.1, -0.05) is 30.8 Å². The van der Waals surface area contributed by atoms with Crippen molar-refractivity contribution in [3.05, 3.63) is 40.9 Å². The number of amides is 1. The fourth-order valence-electron chi connectivity index (χ4n) is 1.94. The largest absolute Gasteiger partial charge is 0.466 e. The van der Waals surface area contributed by atoms with Crippen LogP contribution in [0.25, 0.3) is 0 Å². The average Bonchev–Trinajstić information content (AvgIpc) is 3.01. The Labute approximate surface area is 149 Å². The van der Waals surface area contributed by atoms with Gasteiger partial charge in [0.2, 0.25) is 5.91 Å². The van der Waals surface area contributed by atoms with E-state index in [1.807, 2.05) is 29.6 Å². The molecule has 1 heterocycles. The summed E-state index contributed by atoms with van der Waals surface area (Å²) in [5.41, 5.74) is 2.70. The number of hydrogen-bond donors (Lipinski definition) is 1. The van der Waals surface area contributed by atoms with Gasteiger partial charge in [-0.3, -0.25) is 9.59 Å². The fourth-order valence-corrected chi connectivity index (χ4v) is 3.59. The van der Waals surface area contributed by atoms with Gasteiger partial charge in [0.1, 0.15) is 0 Å². The quantitative estimate of drug-likeness (QED) is 0.573. The van der Waals surface area contributed by atoms with E-state index in [0.717, 1.165) is 16.4 Å². The van der Waals surface area contributed by atoms with Crippen molar-refractivity contribution in [2.75, 3.05) is 17.7 Å². The van der Waals surface area contributed by atoms with Crippen molar-refractivity contribution in [2.24, 2.45) is 0 Å². The van der Waals surface area contributed by atoms with Crippen molar-refractivity contribution in [3.8, 4) is 0 Å². The van der Waals surface area contributed by atoms with E-state index >= 15 is 0 Å². The molecule has 0 bridgehead atoms. The summed E-state index contributed by atoms with van der Waals surface area (Å²) >= 11 is 2.79. The summed E-state index contributed by atoms with van der Waals surface area (Å²) in [6.45, 7) is 4.23. The number of nitrogens with one attached hydrogen (secondary N) is 1. The maximum Gasteiger partial charge on any atom is 0.311 e. The van der Waals surface area contributed by atoms with E-state index in [-0.39, 0.29) is 24.1 Å². The first-order chi connectivity index (χ1) is 11.6. The zero-order valence-electron chi connectivity index (χ0n) is 13.7. The number of esters is 1. The van der Waals surface area contributed by atoms with Gasteiger partial charge in [-0.2, -0.15) is 0 Å². The molecule has 7 heteroatoms. The third kappa shape index (κ3) is 5.98. The number of thiazole rings is 1. The maximum absolute atomic E-state index is 12.0. The fraction of sp³-hybridized carbons (Fsp3) is 0.353. The molecule has 1 N–H and O–H groups in total. The average molecular weight is 364 g/mol. The van der Waals surface area contributed by atoms with Gasteiger partial charge in [-0.05, 0) is 31.0 Å². The highest BCUT2D eigenvalue weighted by Gasteiger charge is 2.10. The number of hydrogen-bond acceptors (Lipinski definition) is 6. The molecule has 0 aliphatic carbocycles. The molecule has 1 amide bonds. The van der Waals surface area contributed by atoms with Crippen LogP contribution >= 0.6 is 23.1 Å². The van der Waals surface area contributed by atoms with Crippen LogP contribution in [0.15, 0.2) is 34.0 Å². The highest BCUT2D eigenvalue weighted by molar-refractivity contribution is 8.01. The van der Waals surface area contributed by atoms with Gasteiger partial charge in [0.05, 0.1) is 24.5 Å². The first-order valence-corrected chi connectivity index (χ1v) is 9.58. The molecule has 24 heavy (non-hydrogen) atoms. The van der Waals surface area contributed by atoms with Crippen molar-refractivity contribution >= 4 is 40.7 Å². The van der Waals surface area contributed by atoms with Gasteiger partial charge in [0.25, 0.3) is 0 Å². The topological polar surface area (TPSA) is 68.3 Å². The van der Waals surface area contributed by atoms with Crippen LogP contribution in [0.5, 0.6) is 0 Å². The highest BCUT2D eigenvalue weighted by atomic mass is 32.2. The van der Waals surface area contributed by atoms with Gasteiger partial charge in [-0.15, -0.1) is 11.3 Å². The van der Waals surface area contributed by atoms with Gasteiger partial charge >= 0.3 is 5.97 Å². The third-order valence-corrected chi connectivity index (χ3v) is 5.20. The monoisotopic (exact) mass is 364 g/mol. The lowest BCUT2D eigenvalue weighted by Gasteiger charge is -2.05. The van der Waals surface area contributed by atoms with Crippen molar-refractivity contribution in [3.63, 3.8) is 0 Å². The standard InChI is InChI=1S/C17H20N2O3S2/c1-3-12-5-7-13(8-6-12)18-15(20)11-24-17-19-14(10-23-17)9-16(21)22-4-2/h5-8,10H,3-4,9,11H2,1-2H3,(H,18,20). The van der Waals surface area contributed by atoms with Crippen LogP contribution in [0, 0.1) is 0 Å². The highest BCUT2D eigenvalue weighted by Crippen LogP contribution is 2.23. The molecule has 128 valence electrons. The molecule has 1 aromatic heterocycles. The summed E-state index contributed by atoms with van der Waals surface area (Å²) in [5.74, 6) is -0.0824. The number of aryl methyl sites for hydroxylation is 1. The Balaban J connectivity index is 1.79. The summed E-state index contributed by atoms with van der Waals surface area (Å²) in [6.07, 6.45) is 1.14. The Hall–Kier alpha value is -1.86. The molecule has 0 spiro atoms. The number of aromatic nitrogens is 1. The van der Waals surface area contributed by atoms with Gasteiger partial charge < -0.3 is 10.1 Å². The van der Waals surface area contributed by atoms with E-state index in [9.17, 15) is 9.59 Å². The Morgan fingerprint density at radius 1 is 1.25 bits per heavy atom. The van der Waals surface area contributed by atoms with E-state index in [2.05, 4.69) is 17.2 Å². The van der Waals surface area contributed by atoms with Crippen molar-refractivity contribution in [1.82, 2.24) is 4.98 Å². The summed E-state index contributed by atoms with van der Waals surface area (Å²) in [7, 11) is 0. The second-order valence-electron chi connectivity index (χ2n) is 4.97. The van der Waals surface area contributed by atoms with Gasteiger partial charge in [0, 0.05) is 11.1 Å². The smallest absolute Gasteiger partial charge is 0.311 e. The molecule has 1 aromatic carbocycles. The van der Waals surface area contributed by atoms with Gasteiger partial charge in [0.15, 0.2) is 4.34 Å². The van der Waals surface area contributed by atoms with E-state index in [1.54, 1.807) is 6.92 Å². The minimum atomic E-state index is -0.285. The van der Waals surface area contributed by atoms with Crippen LogP contribution in [0.2, 0.25) is 0 Å². The van der Waals surface area contributed by atoms with Crippen molar-refractivity contribution in [2.45, 2.75) is 31.0 Å². The zero-order valence-corrected chi connectivity index (χ0v) is 15.3. The van der Waals surface area contributed by atoms with E-state index in [0.29, 0.717) is 12.3 Å². The second kappa shape index (κ2) is 9.44. The first-order valence-electron chi connectivity index (χ1n) is 7.72. The number of ether oxygens (including phenoxy) is 1. The lowest BCUT2D eigenvalue weighted by atomic mass is 10.1. The number of thioether (sulfide) groups is 1. The SMILES string of the molecule is CCOC(=O)Cc1csc(SCC(=O)Nc2ccc(CC)cc2)n1. The van der Waals surface area contributed by atoms with E-state index < -0.39 is 0 Å². The van der Waals surface area contributed by atoms with Crippen LogP contribution in [0.4, 0.5) is 5.69 Å². The van der Waals surface area contributed by atoms with Crippen LogP contribution in [-0.4, -0.2) is 29.2 Å². The molecule has 0 unspecified atom stereocenters.